The molecule has 15 nitrogen and oxygen atoms in total. The van der Waals surface area contributed by atoms with Crippen LogP contribution in [0.1, 0.15) is 33.5 Å². The Hall–Kier alpha value is -7.54. The number of hydrogen-bond acceptors (Lipinski definition) is 16. The summed E-state index contributed by atoms with van der Waals surface area (Å²) in [5, 5.41) is 13.9. The monoisotopic (exact) mass is 997 g/mol. The van der Waals surface area contributed by atoms with E-state index in [2.05, 4.69) is 15.8 Å². The lowest BCUT2D eigenvalue weighted by molar-refractivity contribution is -0.153. The number of nitrogens with one attached hydrogen (secondary N) is 2. The first-order valence-electron chi connectivity index (χ1n) is 21.7. The van der Waals surface area contributed by atoms with Crippen molar-refractivity contribution in [3.8, 4) is 17.2 Å². The molecule has 0 spiro atoms. The number of amides is 2. The van der Waals surface area contributed by atoms with Crippen molar-refractivity contribution >= 4 is 69.5 Å². The minimum Gasteiger partial charge on any atom is -0.497 e. The number of nitrogens with zero attached hydrogens (tertiary/aromatic N) is 3. The van der Waals surface area contributed by atoms with Crippen LogP contribution >= 0.6 is 34.9 Å². The summed E-state index contributed by atoms with van der Waals surface area (Å²) in [6.45, 7) is -0.178. The number of β-lactam (4-membered cyclic amide) rings is 1. The Labute approximate surface area is 416 Å². The molecule has 18 heteroatoms. The van der Waals surface area contributed by atoms with Crippen molar-refractivity contribution in [2.24, 2.45) is 5.16 Å². The number of thioether (sulfide) groups is 2. The van der Waals surface area contributed by atoms with E-state index in [1.165, 1.54) is 53.7 Å². The van der Waals surface area contributed by atoms with Crippen LogP contribution < -0.4 is 24.8 Å². The highest BCUT2D eigenvalue weighted by atomic mass is 32.2. The summed E-state index contributed by atoms with van der Waals surface area (Å²) < 4.78 is 26.6. The first-order chi connectivity index (χ1) is 34.2. The summed E-state index contributed by atoms with van der Waals surface area (Å²) in [6.07, 6.45) is 1.22. The molecule has 8 rings (SSSR count). The lowest BCUT2D eigenvalue weighted by atomic mass is 9.77. The average Bonchev–Trinajstić information content (AvgIpc) is 3.88. The molecule has 0 saturated carbocycles. The summed E-state index contributed by atoms with van der Waals surface area (Å²) in [5.74, 6) is -0.680. The summed E-state index contributed by atoms with van der Waals surface area (Å²) in [5.41, 5.74) is 3.23. The molecule has 0 bridgehead atoms. The Morgan fingerprint density at radius 1 is 0.814 bits per heavy atom. The third-order valence-corrected chi connectivity index (χ3v) is 14.4. The number of aromatic nitrogens is 1. The van der Waals surface area contributed by atoms with Gasteiger partial charge in [-0.3, -0.25) is 14.5 Å². The Morgan fingerprint density at radius 3 is 2.04 bits per heavy atom. The summed E-state index contributed by atoms with van der Waals surface area (Å²) in [4.78, 5) is 67.3. The topological polar surface area (TPSA) is 176 Å². The van der Waals surface area contributed by atoms with Crippen LogP contribution in [0.25, 0.3) is 0 Å². The molecule has 3 heterocycles. The van der Waals surface area contributed by atoms with Gasteiger partial charge in [0.1, 0.15) is 58.8 Å². The molecule has 70 heavy (non-hydrogen) atoms. The number of anilines is 1. The van der Waals surface area contributed by atoms with Gasteiger partial charge in [-0.2, -0.15) is 0 Å². The number of oxime groups is 1. The molecule has 2 aliphatic heterocycles. The van der Waals surface area contributed by atoms with E-state index in [9.17, 15) is 19.2 Å². The third-order valence-electron chi connectivity index (χ3n) is 11.3. The standard InChI is InChI=1S/C52H47N5O10S3/c1-62-38-23-20-33(21-24-38)29-66-50(61)46-42(68-27-26-43(58)65-4)32-69-49-45(48(60)57(46)49)54-47(59)44(56-67-30-34-22-25-39(63-2)28-41(34)64-3)40-31-70-51(53-40)55-52(35-14-8-5-9-15-35,36-16-10-6-11-17-36)37-18-12-7-13-19-37/h5-28,31,45,49H,29-30,32H2,1-4H3,(H,53,55)(H,54,59)/b27-26-,56-44+/t45-,49-/m1/s1. The maximum absolute atomic E-state index is 14.6. The second kappa shape index (κ2) is 22.7. The first kappa shape index (κ1) is 48.9. The van der Waals surface area contributed by atoms with Gasteiger partial charge >= 0.3 is 11.9 Å². The minimum absolute atomic E-state index is 0.00638. The molecule has 2 aliphatic rings. The summed E-state index contributed by atoms with van der Waals surface area (Å²) >= 11 is 3.69. The fourth-order valence-corrected chi connectivity index (χ4v) is 10.8. The minimum atomic E-state index is -1.08. The molecule has 1 saturated heterocycles. The number of carbonyl (C=O) groups excluding carboxylic acids is 4. The summed E-state index contributed by atoms with van der Waals surface area (Å²) in [6, 6.07) is 41.2. The smallest absolute Gasteiger partial charge is 0.356 e. The molecular formula is C52H47N5O10S3. The summed E-state index contributed by atoms with van der Waals surface area (Å²) in [7, 11) is 5.88. The highest BCUT2D eigenvalue weighted by Crippen LogP contribution is 2.45. The number of esters is 2. The van der Waals surface area contributed by atoms with Crippen molar-refractivity contribution in [3.63, 3.8) is 0 Å². The molecule has 358 valence electrons. The van der Waals surface area contributed by atoms with Crippen LogP contribution in [-0.2, 0) is 52.2 Å². The van der Waals surface area contributed by atoms with Crippen LogP contribution in [0.4, 0.5) is 5.13 Å². The number of fused-ring (bicyclic) bond motifs is 1. The van der Waals surface area contributed by atoms with Gasteiger partial charge in [0.25, 0.3) is 11.8 Å². The fraction of sp³-hybridized carbons (Fsp3) is 0.192. The van der Waals surface area contributed by atoms with Gasteiger partial charge < -0.3 is 39.2 Å². The molecule has 0 unspecified atom stereocenters. The Kier molecular flexibility index (Phi) is 15.9. The number of rotatable bonds is 20. The van der Waals surface area contributed by atoms with Crippen LogP contribution in [0.2, 0.25) is 0 Å². The number of carbonyl (C=O) groups is 4. The zero-order chi connectivity index (χ0) is 49.0. The molecule has 0 radical (unpaired) electrons. The zero-order valence-corrected chi connectivity index (χ0v) is 40.8. The van der Waals surface area contributed by atoms with Crippen LogP contribution in [0.5, 0.6) is 17.2 Å². The van der Waals surface area contributed by atoms with Crippen LogP contribution in [-0.4, -0.2) is 85.0 Å². The Morgan fingerprint density at radius 2 is 1.44 bits per heavy atom. The van der Waals surface area contributed by atoms with Crippen molar-refractivity contribution in [1.82, 2.24) is 15.2 Å². The van der Waals surface area contributed by atoms with Crippen LogP contribution in [0.15, 0.2) is 166 Å². The van der Waals surface area contributed by atoms with Gasteiger partial charge in [0.2, 0.25) is 0 Å². The van der Waals surface area contributed by atoms with Gasteiger partial charge in [-0.25, -0.2) is 14.6 Å². The highest BCUT2D eigenvalue weighted by Gasteiger charge is 2.55. The number of methoxy groups -OCH3 is 4. The van der Waals surface area contributed by atoms with Crippen molar-refractivity contribution in [2.45, 2.75) is 30.2 Å². The average molecular weight is 998 g/mol. The molecule has 6 aromatic rings. The van der Waals surface area contributed by atoms with E-state index in [1.807, 2.05) is 91.0 Å². The van der Waals surface area contributed by atoms with Crippen molar-refractivity contribution in [2.75, 3.05) is 39.5 Å². The molecule has 2 amide bonds. The third kappa shape index (κ3) is 10.7. The van der Waals surface area contributed by atoms with E-state index >= 15 is 0 Å². The molecule has 1 fully saturated rings. The number of thiazole rings is 1. The molecule has 5 aromatic carbocycles. The maximum Gasteiger partial charge on any atom is 0.356 e. The van der Waals surface area contributed by atoms with Crippen molar-refractivity contribution in [3.05, 3.63) is 194 Å². The normalized spacial score (nSPS) is 15.6. The fourth-order valence-electron chi connectivity index (χ4n) is 7.78. The van der Waals surface area contributed by atoms with Gasteiger partial charge in [-0.05, 0) is 51.9 Å². The first-order valence-corrected chi connectivity index (χ1v) is 24.5. The van der Waals surface area contributed by atoms with E-state index in [4.69, 9.17) is 33.5 Å². The number of ether oxygens (including phenoxy) is 5. The second-order valence-electron chi connectivity index (χ2n) is 15.4. The van der Waals surface area contributed by atoms with Gasteiger partial charge in [0.15, 0.2) is 10.8 Å². The van der Waals surface area contributed by atoms with E-state index in [-0.39, 0.29) is 36.1 Å². The highest BCUT2D eigenvalue weighted by molar-refractivity contribution is 8.08. The van der Waals surface area contributed by atoms with E-state index < -0.39 is 40.7 Å². The Bertz CT molecular complexity index is 2820. The van der Waals surface area contributed by atoms with Gasteiger partial charge in [0, 0.05) is 33.7 Å². The predicted molar refractivity (Wildman–Crippen MR) is 269 cm³/mol. The number of hydrogen-bond donors (Lipinski definition) is 2. The molecule has 0 aliphatic carbocycles. The van der Waals surface area contributed by atoms with Gasteiger partial charge in [-0.1, -0.05) is 120 Å². The van der Waals surface area contributed by atoms with Crippen molar-refractivity contribution in [1.29, 1.82) is 0 Å². The lowest BCUT2D eigenvalue weighted by Gasteiger charge is -2.49. The second-order valence-corrected chi connectivity index (χ2v) is 18.4. The lowest BCUT2D eigenvalue weighted by Crippen LogP contribution is -2.71. The Balaban J connectivity index is 1.10. The van der Waals surface area contributed by atoms with Crippen molar-refractivity contribution < 1.29 is 47.7 Å². The zero-order valence-electron chi connectivity index (χ0n) is 38.4. The predicted octanol–water partition coefficient (Wildman–Crippen LogP) is 8.27. The van der Waals surface area contributed by atoms with E-state index in [0.717, 1.165) is 28.5 Å². The van der Waals surface area contributed by atoms with Crippen LogP contribution in [0, 0.1) is 0 Å². The van der Waals surface area contributed by atoms with Gasteiger partial charge in [-0.15, -0.1) is 23.1 Å². The van der Waals surface area contributed by atoms with E-state index in [0.29, 0.717) is 38.4 Å². The molecular weight excluding hydrogens is 951 g/mol. The van der Waals surface area contributed by atoms with E-state index in [1.54, 1.807) is 62.1 Å². The molecule has 2 atom stereocenters. The quantitative estimate of drug-likeness (QED) is 0.0187. The largest absolute Gasteiger partial charge is 0.497 e. The van der Waals surface area contributed by atoms with Gasteiger partial charge in [0.05, 0.1) is 28.4 Å². The number of benzene rings is 5. The SMILES string of the molecule is COC(=O)/C=C\SC1=C(C(=O)OCc2ccc(OC)cc2)N2C(=O)[C@@H](NC(=O)/C(=N/OCc3ccc(OC)cc3OC)c3csc(NC(c4ccccc4)(c4ccccc4)c4ccccc4)n3)[C@H]2SC1. The van der Waals surface area contributed by atoms with Crippen LogP contribution in [0.3, 0.4) is 0 Å². The maximum atomic E-state index is 14.6. The molecule has 2 N–H and O–H groups in total. The molecule has 1 aromatic heterocycles.